The summed E-state index contributed by atoms with van der Waals surface area (Å²) in [6.45, 7) is 9.21. The van der Waals surface area contributed by atoms with Crippen molar-refractivity contribution in [3.8, 4) is 12.3 Å². The molecule has 0 radical (unpaired) electrons. The van der Waals surface area contributed by atoms with E-state index >= 15 is 0 Å². The largest absolute Gasteiger partial charge is 0.370 e. The Hall–Kier alpha value is -1.68. The van der Waals surface area contributed by atoms with Gasteiger partial charge in [-0.2, -0.15) is 0 Å². The third-order valence-corrected chi connectivity index (χ3v) is 5.14. The second kappa shape index (κ2) is 6.61. The van der Waals surface area contributed by atoms with Gasteiger partial charge in [-0.1, -0.05) is 5.92 Å². The first-order valence-electron chi connectivity index (χ1n) is 7.54. The standard InChI is InChI=1S/C16H20N4OS/c1-4-5-17-15-14-11(2)12(3)22-16(14)19-13(18-15)10-20-6-8-21-9-7-20/h1H,5-10H2,2-3H3,(H,17,18,19)/p+1. The number of morpholine rings is 1. The lowest BCUT2D eigenvalue weighted by Crippen LogP contribution is -3.12. The molecular formula is C16H21N4OS+. The third kappa shape index (κ3) is 3.07. The van der Waals surface area contributed by atoms with Gasteiger partial charge in [-0.05, 0) is 19.4 Å². The van der Waals surface area contributed by atoms with Crippen LogP contribution in [-0.4, -0.2) is 42.8 Å². The van der Waals surface area contributed by atoms with Crippen LogP contribution in [0, 0.1) is 26.2 Å². The Morgan fingerprint density at radius 1 is 1.32 bits per heavy atom. The zero-order valence-electron chi connectivity index (χ0n) is 13.0. The number of hydrogen-bond acceptors (Lipinski definition) is 5. The maximum atomic E-state index is 5.41. The molecule has 2 aromatic rings. The van der Waals surface area contributed by atoms with Crippen LogP contribution in [0.5, 0.6) is 0 Å². The molecule has 3 rings (SSSR count). The number of aryl methyl sites for hydroxylation is 2. The average Bonchev–Trinajstić information content (AvgIpc) is 2.81. The summed E-state index contributed by atoms with van der Waals surface area (Å²) in [5, 5.41) is 4.36. The van der Waals surface area contributed by atoms with E-state index in [1.54, 1.807) is 11.3 Å². The van der Waals surface area contributed by atoms with Gasteiger partial charge in [-0.25, -0.2) is 9.97 Å². The number of anilines is 1. The van der Waals surface area contributed by atoms with Gasteiger partial charge in [0.05, 0.1) is 25.1 Å². The number of terminal acetylenes is 1. The minimum atomic E-state index is 0.476. The lowest BCUT2D eigenvalue weighted by molar-refractivity contribution is -0.922. The summed E-state index contributed by atoms with van der Waals surface area (Å²) in [4.78, 5) is 13.3. The van der Waals surface area contributed by atoms with Gasteiger partial charge >= 0.3 is 0 Å². The molecule has 116 valence electrons. The van der Waals surface area contributed by atoms with Crippen LogP contribution in [0.15, 0.2) is 0 Å². The van der Waals surface area contributed by atoms with Crippen molar-refractivity contribution >= 4 is 27.4 Å². The molecule has 0 amide bonds. The monoisotopic (exact) mass is 317 g/mol. The first-order chi connectivity index (χ1) is 10.7. The molecular weight excluding hydrogens is 296 g/mol. The number of thiophene rings is 1. The summed E-state index contributed by atoms with van der Waals surface area (Å²) in [7, 11) is 0. The number of nitrogens with zero attached hydrogens (tertiary/aromatic N) is 2. The summed E-state index contributed by atoms with van der Waals surface area (Å²) >= 11 is 1.73. The van der Waals surface area contributed by atoms with Gasteiger partial charge in [0.25, 0.3) is 0 Å². The molecule has 0 saturated carbocycles. The van der Waals surface area contributed by atoms with E-state index in [0.29, 0.717) is 6.54 Å². The molecule has 0 spiro atoms. The topological polar surface area (TPSA) is 51.5 Å². The fourth-order valence-electron chi connectivity index (χ4n) is 2.70. The highest BCUT2D eigenvalue weighted by molar-refractivity contribution is 7.18. The molecule has 2 aromatic heterocycles. The summed E-state index contributed by atoms with van der Waals surface area (Å²) < 4.78 is 5.41. The van der Waals surface area contributed by atoms with E-state index in [-0.39, 0.29) is 0 Å². The molecule has 6 heteroatoms. The molecule has 2 N–H and O–H groups in total. The van der Waals surface area contributed by atoms with E-state index in [4.69, 9.17) is 21.1 Å². The Labute approximate surface area is 134 Å². The van der Waals surface area contributed by atoms with Gasteiger partial charge in [0.2, 0.25) is 0 Å². The van der Waals surface area contributed by atoms with Crippen molar-refractivity contribution in [1.29, 1.82) is 0 Å². The fraction of sp³-hybridized carbons (Fsp3) is 0.500. The molecule has 1 aliphatic rings. The van der Waals surface area contributed by atoms with Crippen molar-refractivity contribution in [2.75, 3.05) is 38.2 Å². The lowest BCUT2D eigenvalue weighted by Gasteiger charge is -2.23. The highest BCUT2D eigenvalue weighted by atomic mass is 32.1. The number of hydrogen-bond donors (Lipinski definition) is 2. The molecule has 5 nitrogen and oxygen atoms in total. The molecule has 0 unspecified atom stereocenters. The number of quaternary nitrogens is 1. The molecule has 0 aliphatic carbocycles. The fourth-order valence-corrected chi connectivity index (χ4v) is 3.74. The maximum Gasteiger partial charge on any atom is 0.187 e. The first-order valence-corrected chi connectivity index (χ1v) is 8.36. The Kier molecular flexibility index (Phi) is 4.57. The summed E-state index contributed by atoms with van der Waals surface area (Å²) in [6.07, 6.45) is 5.38. The van der Waals surface area contributed by atoms with Gasteiger partial charge < -0.3 is 15.0 Å². The van der Waals surface area contributed by atoms with E-state index in [9.17, 15) is 0 Å². The zero-order chi connectivity index (χ0) is 15.5. The summed E-state index contributed by atoms with van der Waals surface area (Å²) in [6, 6.07) is 0. The second-order valence-corrected chi connectivity index (χ2v) is 6.75. The van der Waals surface area contributed by atoms with Crippen LogP contribution in [0.1, 0.15) is 16.3 Å². The van der Waals surface area contributed by atoms with Crippen molar-refractivity contribution in [3.63, 3.8) is 0 Å². The van der Waals surface area contributed by atoms with E-state index in [0.717, 1.165) is 54.7 Å². The van der Waals surface area contributed by atoms with Gasteiger partial charge in [-0.3, -0.25) is 0 Å². The second-order valence-electron chi connectivity index (χ2n) is 5.55. The molecule has 0 atom stereocenters. The van der Waals surface area contributed by atoms with E-state index in [1.165, 1.54) is 15.3 Å². The zero-order valence-corrected chi connectivity index (χ0v) is 13.8. The molecule has 1 saturated heterocycles. The van der Waals surface area contributed by atoms with Crippen LogP contribution >= 0.6 is 11.3 Å². The minimum absolute atomic E-state index is 0.476. The van der Waals surface area contributed by atoms with E-state index < -0.39 is 0 Å². The smallest absolute Gasteiger partial charge is 0.187 e. The predicted molar refractivity (Wildman–Crippen MR) is 89.4 cm³/mol. The molecule has 0 bridgehead atoms. The lowest BCUT2D eigenvalue weighted by atomic mass is 10.2. The van der Waals surface area contributed by atoms with Crippen LogP contribution in [0.4, 0.5) is 5.82 Å². The Bertz CT molecular complexity index is 713. The van der Waals surface area contributed by atoms with Crippen LogP contribution in [0.25, 0.3) is 10.2 Å². The van der Waals surface area contributed by atoms with Crippen LogP contribution in [0.3, 0.4) is 0 Å². The van der Waals surface area contributed by atoms with Crippen molar-refractivity contribution in [1.82, 2.24) is 9.97 Å². The normalized spacial score (nSPS) is 15.9. The Balaban J connectivity index is 1.95. The highest BCUT2D eigenvalue weighted by Crippen LogP contribution is 2.33. The molecule has 22 heavy (non-hydrogen) atoms. The summed E-state index contributed by atoms with van der Waals surface area (Å²) in [5.41, 5.74) is 1.24. The Morgan fingerprint density at radius 3 is 2.82 bits per heavy atom. The van der Waals surface area contributed by atoms with Crippen LogP contribution in [0.2, 0.25) is 0 Å². The van der Waals surface area contributed by atoms with Crippen molar-refractivity contribution < 1.29 is 9.64 Å². The molecule has 3 heterocycles. The SMILES string of the molecule is C#CCNc1nc(C[NH+]2CCOCC2)nc2sc(C)c(C)c12. The maximum absolute atomic E-state index is 5.41. The minimum Gasteiger partial charge on any atom is -0.370 e. The number of aromatic nitrogens is 2. The van der Waals surface area contributed by atoms with E-state index in [2.05, 4.69) is 25.1 Å². The quantitative estimate of drug-likeness (QED) is 0.818. The molecule has 0 aromatic carbocycles. The molecule has 1 fully saturated rings. The summed E-state index contributed by atoms with van der Waals surface area (Å²) in [5.74, 6) is 4.37. The third-order valence-electron chi connectivity index (χ3n) is 4.04. The van der Waals surface area contributed by atoms with Crippen molar-refractivity contribution in [2.45, 2.75) is 20.4 Å². The van der Waals surface area contributed by atoms with Crippen molar-refractivity contribution in [3.05, 3.63) is 16.3 Å². The number of ether oxygens (including phenoxy) is 1. The van der Waals surface area contributed by atoms with Crippen LogP contribution < -0.4 is 10.2 Å². The number of fused-ring (bicyclic) bond motifs is 1. The van der Waals surface area contributed by atoms with Crippen LogP contribution in [-0.2, 0) is 11.3 Å². The van der Waals surface area contributed by atoms with Gasteiger partial charge in [-0.15, -0.1) is 17.8 Å². The number of rotatable bonds is 4. The van der Waals surface area contributed by atoms with Gasteiger partial charge in [0.1, 0.15) is 30.3 Å². The molecule has 1 aliphatic heterocycles. The predicted octanol–water partition coefficient (Wildman–Crippen LogP) is 0.768. The average molecular weight is 317 g/mol. The highest BCUT2D eigenvalue weighted by Gasteiger charge is 2.19. The van der Waals surface area contributed by atoms with Gasteiger partial charge in [0.15, 0.2) is 5.82 Å². The van der Waals surface area contributed by atoms with Crippen molar-refractivity contribution in [2.24, 2.45) is 0 Å². The first kappa shape index (κ1) is 15.2. The number of nitrogens with one attached hydrogen (secondary N) is 2. The Morgan fingerprint density at radius 2 is 2.09 bits per heavy atom. The van der Waals surface area contributed by atoms with Gasteiger partial charge in [0, 0.05) is 4.88 Å². The van der Waals surface area contributed by atoms with E-state index in [1.807, 2.05) is 0 Å².